The predicted molar refractivity (Wildman–Crippen MR) is 69.5 cm³/mol. The monoisotopic (exact) mass is 236 g/mol. The third-order valence-corrected chi connectivity index (χ3v) is 2.32. The molecule has 17 heavy (non-hydrogen) atoms. The number of aryl methyl sites for hydroxylation is 1. The number of nitrogens with one attached hydrogen (secondary N) is 1. The second-order valence-electron chi connectivity index (χ2n) is 4.31. The maximum absolute atomic E-state index is 10.9. The molecule has 1 rings (SSSR count). The summed E-state index contributed by atoms with van der Waals surface area (Å²) < 4.78 is 5.60. The van der Waals surface area contributed by atoms with Crippen molar-refractivity contribution in [1.29, 1.82) is 0 Å². The van der Waals surface area contributed by atoms with Crippen LogP contribution in [0.1, 0.15) is 12.5 Å². The van der Waals surface area contributed by atoms with E-state index in [2.05, 4.69) is 10.2 Å². The Morgan fingerprint density at radius 3 is 2.65 bits per heavy atom. The highest BCUT2D eigenvalue weighted by Crippen LogP contribution is 2.21. The predicted octanol–water partition coefficient (Wildman–Crippen LogP) is 1.89. The first-order chi connectivity index (χ1) is 7.99. The number of nitrogens with zero attached hydrogens (tertiary/aromatic N) is 1. The minimum Gasteiger partial charge on any atom is -0.492 e. The molecule has 1 aromatic rings. The van der Waals surface area contributed by atoms with Gasteiger partial charge in [0.1, 0.15) is 12.4 Å². The summed E-state index contributed by atoms with van der Waals surface area (Å²) in [5.74, 6) is 0.771. The maximum atomic E-state index is 10.9. The molecule has 0 bridgehead atoms. The van der Waals surface area contributed by atoms with Crippen molar-refractivity contribution in [3.8, 4) is 5.75 Å². The van der Waals surface area contributed by atoms with E-state index in [1.165, 1.54) is 6.92 Å². The van der Waals surface area contributed by atoms with Crippen LogP contribution in [0.3, 0.4) is 0 Å². The first kappa shape index (κ1) is 13.5. The number of hydrogen-bond acceptors (Lipinski definition) is 3. The summed E-state index contributed by atoms with van der Waals surface area (Å²) in [4.78, 5) is 13.0. The van der Waals surface area contributed by atoms with Crippen LogP contribution in [0.5, 0.6) is 5.75 Å². The number of rotatable bonds is 5. The van der Waals surface area contributed by atoms with E-state index in [0.717, 1.165) is 23.5 Å². The quantitative estimate of drug-likeness (QED) is 0.849. The van der Waals surface area contributed by atoms with Crippen molar-refractivity contribution in [3.63, 3.8) is 0 Å². The van der Waals surface area contributed by atoms with Crippen LogP contribution in [0, 0.1) is 6.92 Å². The molecule has 0 aliphatic heterocycles. The van der Waals surface area contributed by atoms with Crippen LogP contribution in [0.2, 0.25) is 0 Å². The average Bonchev–Trinajstić information content (AvgIpc) is 2.21. The highest BCUT2D eigenvalue weighted by atomic mass is 16.5. The molecule has 0 radical (unpaired) electrons. The molecule has 0 aliphatic rings. The second-order valence-corrected chi connectivity index (χ2v) is 4.31. The van der Waals surface area contributed by atoms with Gasteiger partial charge in [0.05, 0.1) is 0 Å². The van der Waals surface area contributed by atoms with Crippen LogP contribution < -0.4 is 10.1 Å². The van der Waals surface area contributed by atoms with Crippen molar-refractivity contribution in [3.05, 3.63) is 23.8 Å². The fourth-order valence-corrected chi connectivity index (χ4v) is 1.40. The largest absolute Gasteiger partial charge is 0.492 e. The first-order valence-corrected chi connectivity index (χ1v) is 5.65. The molecule has 0 atom stereocenters. The molecule has 0 heterocycles. The van der Waals surface area contributed by atoms with Gasteiger partial charge in [-0.15, -0.1) is 0 Å². The summed E-state index contributed by atoms with van der Waals surface area (Å²) in [6.07, 6.45) is 0. The Balaban J connectivity index is 2.59. The summed E-state index contributed by atoms with van der Waals surface area (Å²) >= 11 is 0. The lowest BCUT2D eigenvalue weighted by atomic mass is 10.2. The van der Waals surface area contributed by atoms with Crippen molar-refractivity contribution in [1.82, 2.24) is 4.90 Å². The molecule has 0 aromatic heterocycles. The Morgan fingerprint density at radius 1 is 1.41 bits per heavy atom. The molecule has 0 spiro atoms. The number of amides is 1. The summed E-state index contributed by atoms with van der Waals surface area (Å²) in [7, 11) is 4.02. The van der Waals surface area contributed by atoms with Crippen LogP contribution in [0.25, 0.3) is 0 Å². The molecular formula is C13H20N2O2. The number of carbonyl (C=O) groups is 1. The molecule has 4 heteroatoms. The van der Waals surface area contributed by atoms with Gasteiger partial charge in [-0.05, 0) is 44.8 Å². The van der Waals surface area contributed by atoms with Crippen LogP contribution in [0.15, 0.2) is 18.2 Å². The molecule has 1 amide bonds. The van der Waals surface area contributed by atoms with E-state index in [9.17, 15) is 4.79 Å². The standard InChI is InChI=1S/C13H20N2O2/c1-10-9-12(17-8-7-15(3)4)5-6-13(10)14-11(2)16/h5-6,9H,7-8H2,1-4H3,(H,14,16). The molecule has 1 N–H and O–H groups in total. The molecule has 4 nitrogen and oxygen atoms in total. The van der Waals surface area contributed by atoms with Crippen molar-refractivity contribution in [2.24, 2.45) is 0 Å². The van der Waals surface area contributed by atoms with Crippen LogP contribution in [0.4, 0.5) is 5.69 Å². The van der Waals surface area contributed by atoms with E-state index in [1.807, 2.05) is 39.2 Å². The van der Waals surface area contributed by atoms with E-state index in [0.29, 0.717) is 6.61 Å². The van der Waals surface area contributed by atoms with Crippen molar-refractivity contribution < 1.29 is 9.53 Å². The molecule has 1 aromatic carbocycles. The molecule has 0 fully saturated rings. The van der Waals surface area contributed by atoms with E-state index in [-0.39, 0.29) is 5.91 Å². The fraction of sp³-hybridized carbons (Fsp3) is 0.462. The number of carbonyl (C=O) groups excluding carboxylic acids is 1. The van der Waals surface area contributed by atoms with Crippen molar-refractivity contribution >= 4 is 11.6 Å². The van der Waals surface area contributed by atoms with Gasteiger partial charge in [0.25, 0.3) is 0 Å². The van der Waals surface area contributed by atoms with Gasteiger partial charge in [-0.2, -0.15) is 0 Å². The van der Waals surface area contributed by atoms with E-state index < -0.39 is 0 Å². The average molecular weight is 236 g/mol. The zero-order valence-electron chi connectivity index (χ0n) is 10.9. The third kappa shape index (κ3) is 4.87. The summed E-state index contributed by atoms with van der Waals surface area (Å²) in [6.45, 7) is 4.99. The summed E-state index contributed by atoms with van der Waals surface area (Å²) in [5, 5.41) is 2.77. The molecule has 0 aliphatic carbocycles. The van der Waals surface area contributed by atoms with Crippen LogP contribution >= 0.6 is 0 Å². The summed E-state index contributed by atoms with van der Waals surface area (Å²) in [6, 6.07) is 5.66. The van der Waals surface area contributed by atoms with Gasteiger partial charge >= 0.3 is 0 Å². The number of anilines is 1. The van der Waals surface area contributed by atoms with Crippen LogP contribution in [-0.2, 0) is 4.79 Å². The first-order valence-electron chi connectivity index (χ1n) is 5.65. The highest BCUT2D eigenvalue weighted by molar-refractivity contribution is 5.89. The summed E-state index contributed by atoms with van der Waals surface area (Å²) in [5.41, 5.74) is 1.83. The minimum absolute atomic E-state index is 0.0608. The molecule has 0 saturated carbocycles. The molecule has 0 unspecified atom stereocenters. The second kappa shape index (κ2) is 6.25. The van der Waals surface area contributed by atoms with Gasteiger partial charge < -0.3 is 15.0 Å². The van der Waals surface area contributed by atoms with E-state index in [4.69, 9.17) is 4.74 Å². The minimum atomic E-state index is -0.0608. The van der Waals surface area contributed by atoms with E-state index in [1.54, 1.807) is 0 Å². The zero-order chi connectivity index (χ0) is 12.8. The molecular weight excluding hydrogens is 216 g/mol. The topological polar surface area (TPSA) is 41.6 Å². The maximum Gasteiger partial charge on any atom is 0.221 e. The van der Waals surface area contributed by atoms with Crippen molar-refractivity contribution in [2.45, 2.75) is 13.8 Å². The number of benzene rings is 1. The Labute approximate surface area is 103 Å². The Kier molecular flexibility index (Phi) is 4.97. The Bertz CT molecular complexity index is 389. The Hall–Kier alpha value is -1.55. The number of hydrogen-bond donors (Lipinski definition) is 1. The zero-order valence-corrected chi connectivity index (χ0v) is 10.9. The number of ether oxygens (including phenoxy) is 1. The third-order valence-electron chi connectivity index (χ3n) is 2.32. The lowest BCUT2D eigenvalue weighted by Crippen LogP contribution is -2.19. The number of likely N-dealkylation sites (N-methyl/N-ethyl adjacent to an activating group) is 1. The lowest BCUT2D eigenvalue weighted by Gasteiger charge is -2.12. The van der Waals surface area contributed by atoms with E-state index >= 15 is 0 Å². The van der Waals surface area contributed by atoms with Gasteiger partial charge in [-0.3, -0.25) is 4.79 Å². The van der Waals surface area contributed by atoms with Gasteiger partial charge in [0, 0.05) is 19.2 Å². The Morgan fingerprint density at radius 2 is 2.12 bits per heavy atom. The van der Waals surface area contributed by atoms with Gasteiger partial charge in [0.15, 0.2) is 0 Å². The lowest BCUT2D eigenvalue weighted by molar-refractivity contribution is -0.114. The smallest absolute Gasteiger partial charge is 0.221 e. The normalized spacial score (nSPS) is 10.4. The van der Waals surface area contributed by atoms with Gasteiger partial charge in [0.2, 0.25) is 5.91 Å². The van der Waals surface area contributed by atoms with Crippen molar-refractivity contribution in [2.75, 3.05) is 32.6 Å². The molecule has 94 valence electrons. The van der Waals surface area contributed by atoms with Crippen LogP contribution in [-0.4, -0.2) is 38.1 Å². The highest BCUT2D eigenvalue weighted by Gasteiger charge is 2.02. The fourth-order valence-electron chi connectivity index (χ4n) is 1.40. The van der Waals surface area contributed by atoms with Gasteiger partial charge in [-0.25, -0.2) is 0 Å². The SMILES string of the molecule is CC(=O)Nc1ccc(OCCN(C)C)cc1C. The molecule has 0 saturated heterocycles. The van der Waals surface area contributed by atoms with Gasteiger partial charge in [-0.1, -0.05) is 0 Å².